The number of rotatable bonds is 4. The Kier molecular flexibility index (Phi) is 4.01. The highest BCUT2D eigenvalue weighted by molar-refractivity contribution is 5.76. The van der Waals surface area contributed by atoms with Crippen molar-refractivity contribution in [3.05, 3.63) is 41.2 Å². The van der Waals surface area contributed by atoms with Gasteiger partial charge < -0.3 is 5.11 Å². The minimum Gasteiger partial charge on any atom is -0.396 e. The Hall–Kier alpha value is -1.48. The topological polar surface area (TPSA) is 37.3 Å². The van der Waals surface area contributed by atoms with Gasteiger partial charge in [-0.15, -0.1) is 0 Å². The lowest BCUT2D eigenvalue weighted by molar-refractivity contribution is 0.112. The molecule has 0 aliphatic rings. The summed E-state index contributed by atoms with van der Waals surface area (Å²) in [4.78, 5) is 10.4. The third-order valence-electron chi connectivity index (χ3n) is 1.68. The molecule has 0 spiro atoms. The fourth-order valence-electron chi connectivity index (χ4n) is 1.09. The number of aliphatic hydroxyl groups excluding tert-OH is 1. The first kappa shape index (κ1) is 10.6. The van der Waals surface area contributed by atoms with Crippen LogP contribution < -0.4 is 0 Å². The quantitative estimate of drug-likeness (QED) is 0.744. The van der Waals surface area contributed by atoms with Crippen molar-refractivity contribution in [2.24, 2.45) is 0 Å². The van der Waals surface area contributed by atoms with Crippen molar-refractivity contribution < 1.29 is 14.3 Å². The maximum atomic E-state index is 12.9. The van der Waals surface area contributed by atoms with Gasteiger partial charge in [-0.2, -0.15) is 0 Å². The predicted octanol–water partition coefficient (Wildman–Crippen LogP) is 2.03. The van der Waals surface area contributed by atoms with Gasteiger partial charge in [0.25, 0.3) is 0 Å². The van der Waals surface area contributed by atoms with Crippen LogP contribution in [-0.2, 0) is 0 Å². The molecule has 0 saturated carbocycles. The van der Waals surface area contributed by atoms with Crippen molar-refractivity contribution in [1.82, 2.24) is 0 Å². The average molecular weight is 194 g/mol. The minimum absolute atomic E-state index is 0.0619. The molecule has 0 aliphatic heterocycles. The summed E-state index contributed by atoms with van der Waals surface area (Å²) in [6.45, 7) is 0.0619. The monoisotopic (exact) mass is 194 g/mol. The van der Waals surface area contributed by atoms with Crippen LogP contribution in [0.25, 0.3) is 6.08 Å². The summed E-state index contributed by atoms with van der Waals surface area (Å²) in [6.07, 6.45) is 4.52. The van der Waals surface area contributed by atoms with Gasteiger partial charge in [0.2, 0.25) is 0 Å². The van der Waals surface area contributed by atoms with Crippen LogP contribution in [0.2, 0.25) is 0 Å². The fraction of sp³-hybridized carbons (Fsp3) is 0.182. The lowest BCUT2D eigenvalue weighted by atomic mass is 10.1. The molecule has 3 heteroatoms. The number of benzene rings is 1. The number of aliphatic hydroxyl groups is 1. The molecule has 0 aliphatic carbocycles. The number of carbonyl (C=O) groups excluding carboxylic acids is 1. The van der Waals surface area contributed by atoms with E-state index in [0.29, 0.717) is 23.8 Å². The minimum atomic E-state index is -0.432. The first-order valence-corrected chi connectivity index (χ1v) is 4.29. The third kappa shape index (κ3) is 3.11. The Labute approximate surface area is 81.7 Å². The standard InChI is InChI=1S/C11H11FO2/c12-11-6-9(3-1-2-4-13)5-10(7-11)8-14/h1,3,5-8,13H,2,4H2. The second-order valence-electron chi connectivity index (χ2n) is 2.85. The number of aldehydes is 1. The zero-order chi connectivity index (χ0) is 10.4. The van der Waals surface area contributed by atoms with Crippen LogP contribution in [0.3, 0.4) is 0 Å². The molecule has 0 aromatic heterocycles. The Morgan fingerprint density at radius 3 is 2.64 bits per heavy atom. The molecule has 2 nitrogen and oxygen atoms in total. The molecule has 0 bridgehead atoms. The predicted molar refractivity (Wildman–Crippen MR) is 52.5 cm³/mol. The molecule has 0 unspecified atom stereocenters. The van der Waals surface area contributed by atoms with Crippen LogP contribution in [0.1, 0.15) is 22.3 Å². The van der Waals surface area contributed by atoms with Gasteiger partial charge in [-0.25, -0.2) is 4.39 Å². The number of carbonyl (C=O) groups is 1. The van der Waals surface area contributed by atoms with Crippen LogP contribution >= 0.6 is 0 Å². The molecule has 1 aromatic rings. The van der Waals surface area contributed by atoms with Crippen LogP contribution in [-0.4, -0.2) is 18.0 Å². The largest absolute Gasteiger partial charge is 0.396 e. The van der Waals surface area contributed by atoms with Crippen LogP contribution in [0.5, 0.6) is 0 Å². The van der Waals surface area contributed by atoms with Crippen LogP contribution in [0.15, 0.2) is 24.3 Å². The van der Waals surface area contributed by atoms with Gasteiger partial charge >= 0.3 is 0 Å². The summed E-state index contributed by atoms with van der Waals surface area (Å²) in [5, 5.41) is 8.52. The Bertz CT molecular complexity index is 345. The van der Waals surface area contributed by atoms with E-state index in [0.717, 1.165) is 0 Å². The summed E-state index contributed by atoms with van der Waals surface area (Å²) in [5.74, 6) is -0.432. The van der Waals surface area contributed by atoms with E-state index in [4.69, 9.17) is 5.11 Å². The van der Waals surface area contributed by atoms with Crippen molar-refractivity contribution in [3.63, 3.8) is 0 Å². The lowest BCUT2D eigenvalue weighted by Crippen LogP contribution is -1.85. The highest BCUT2D eigenvalue weighted by Crippen LogP contribution is 2.09. The Morgan fingerprint density at radius 2 is 2.00 bits per heavy atom. The first-order valence-electron chi connectivity index (χ1n) is 4.29. The number of hydrogen-bond acceptors (Lipinski definition) is 2. The van der Waals surface area contributed by atoms with E-state index < -0.39 is 5.82 Å². The smallest absolute Gasteiger partial charge is 0.150 e. The second kappa shape index (κ2) is 5.29. The summed E-state index contributed by atoms with van der Waals surface area (Å²) in [6, 6.07) is 4.10. The SMILES string of the molecule is O=Cc1cc(F)cc(C=CCCO)c1. The van der Waals surface area contributed by atoms with E-state index in [1.807, 2.05) is 0 Å². The summed E-state index contributed by atoms with van der Waals surface area (Å²) < 4.78 is 12.9. The van der Waals surface area contributed by atoms with Crippen molar-refractivity contribution in [3.8, 4) is 0 Å². The lowest BCUT2D eigenvalue weighted by Gasteiger charge is -1.96. The maximum absolute atomic E-state index is 12.9. The highest BCUT2D eigenvalue weighted by Gasteiger charge is 1.96. The van der Waals surface area contributed by atoms with E-state index in [9.17, 15) is 9.18 Å². The van der Waals surface area contributed by atoms with Gasteiger partial charge in [0, 0.05) is 12.2 Å². The molecule has 1 N–H and O–H groups in total. The fourth-order valence-corrected chi connectivity index (χ4v) is 1.09. The van der Waals surface area contributed by atoms with Gasteiger partial charge in [0.1, 0.15) is 12.1 Å². The van der Waals surface area contributed by atoms with Crippen LogP contribution in [0, 0.1) is 5.82 Å². The van der Waals surface area contributed by atoms with E-state index in [-0.39, 0.29) is 6.61 Å². The van der Waals surface area contributed by atoms with E-state index >= 15 is 0 Å². The molecule has 1 rings (SSSR count). The van der Waals surface area contributed by atoms with Crippen LogP contribution in [0.4, 0.5) is 4.39 Å². The van der Waals surface area contributed by atoms with Crippen molar-refractivity contribution >= 4 is 12.4 Å². The summed E-state index contributed by atoms with van der Waals surface area (Å²) in [7, 11) is 0. The van der Waals surface area contributed by atoms with Crippen molar-refractivity contribution in [1.29, 1.82) is 0 Å². The summed E-state index contributed by atoms with van der Waals surface area (Å²) in [5.41, 5.74) is 0.939. The van der Waals surface area contributed by atoms with E-state index in [1.54, 1.807) is 18.2 Å². The number of hydrogen-bond donors (Lipinski definition) is 1. The Morgan fingerprint density at radius 1 is 1.29 bits per heavy atom. The molecule has 74 valence electrons. The van der Waals surface area contributed by atoms with E-state index in [2.05, 4.69) is 0 Å². The van der Waals surface area contributed by atoms with Gasteiger partial charge in [0.15, 0.2) is 0 Å². The molecule has 14 heavy (non-hydrogen) atoms. The third-order valence-corrected chi connectivity index (χ3v) is 1.68. The second-order valence-corrected chi connectivity index (χ2v) is 2.85. The molecule has 1 aromatic carbocycles. The molecule has 0 radical (unpaired) electrons. The van der Waals surface area contributed by atoms with Gasteiger partial charge in [0.05, 0.1) is 0 Å². The van der Waals surface area contributed by atoms with Crippen molar-refractivity contribution in [2.75, 3.05) is 6.61 Å². The average Bonchev–Trinajstić information content (AvgIpc) is 2.17. The van der Waals surface area contributed by atoms with E-state index in [1.165, 1.54) is 12.1 Å². The van der Waals surface area contributed by atoms with Crippen molar-refractivity contribution in [2.45, 2.75) is 6.42 Å². The normalized spacial score (nSPS) is 10.7. The molecule has 0 fully saturated rings. The number of halogens is 1. The van der Waals surface area contributed by atoms with Gasteiger partial charge in [-0.3, -0.25) is 4.79 Å². The highest BCUT2D eigenvalue weighted by atomic mass is 19.1. The zero-order valence-electron chi connectivity index (χ0n) is 7.61. The molecule has 0 atom stereocenters. The summed E-state index contributed by atoms with van der Waals surface area (Å²) >= 11 is 0. The molecular weight excluding hydrogens is 183 g/mol. The first-order chi connectivity index (χ1) is 6.76. The Balaban J connectivity index is 2.86. The van der Waals surface area contributed by atoms with Gasteiger partial charge in [-0.1, -0.05) is 12.2 Å². The molecule has 0 amide bonds. The molecule has 0 saturated heterocycles. The molecule has 0 heterocycles. The zero-order valence-corrected chi connectivity index (χ0v) is 7.61. The maximum Gasteiger partial charge on any atom is 0.150 e. The molecular formula is C11H11FO2. The van der Waals surface area contributed by atoms with Gasteiger partial charge in [-0.05, 0) is 30.2 Å².